The number of aromatic nitrogens is 1. The molecule has 0 aliphatic rings. The maximum absolute atomic E-state index is 12.7. The molecule has 0 spiro atoms. The minimum absolute atomic E-state index is 0.172. The van der Waals surface area contributed by atoms with E-state index in [1.165, 1.54) is 0 Å². The number of hydrogen-bond donors (Lipinski definition) is 0. The summed E-state index contributed by atoms with van der Waals surface area (Å²) in [5.41, 5.74) is 7.66. The largest absolute Gasteiger partial charge is 0.434 e. The van der Waals surface area contributed by atoms with Crippen molar-refractivity contribution >= 4 is 16.3 Å². The second-order valence-corrected chi connectivity index (χ2v) is 4.20. The summed E-state index contributed by atoms with van der Waals surface area (Å²) in [5, 5.41) is 2.74. The van der Waals surface area contributed by atoms with Gasteiger partial charge in [-0.2, -0.15) is 13.2 Å². The van der Waals surface area contributed by atoms with E-state index in [2.05, 4.69) is 15.0 Å². The summed E-state index contributed by atoms with van der Waals surface area (Å²) in [4.78, 5) is 5.88. The van der Waals surface area contributed by atoms with Crippen LogP contribution in [0.3, 0.4) is 0 Å². The lowest BCUT2D eigenvalue weighted by Crippen LogP contribution is -2.05. The van der Waals surface area contributed by atoms with Gasteiger partial charge in [0.15, 0.2) is 5.69 Å². The fraction of sp³-hybridized carbons (Fsp3) is 0.100. The average Bonchev–Trinajstić information content (AvgIpc) is 2.75. The van der Waals surface area contributed by atoms with Crippen molar-refractivity contribution in [1.82, 2.24) is 4.98 Å². The van der Waals surface area contributed by atoms with Crippen molar-refractivity contribution in [3.63, 3.8) is 0 Å². The lowest BCUT2D eigenvalue weighted by atomic mass is 10.2. The zero-order chi connectivity index (χ0) is 13.2. The normalized spacial score (nSPS) is 11.1. The number of alkyl halides is 3. The van der Waals surface area contributed by atoms with Crippen molar-refractivity contribution in [2.75, 3.05) is 0 Å². The van der Waals surface area contributed by atoms with Gasteiger partial charge in [-0.1, -0.05) is 30.3 Å². The fourth-order valence-electron chi connectivity index (χ4n) is 1.31. The Morgan fingerprint density at radius 1 is 1.22 bits per heavy atom. The molecule has 0 saturated heterocycles. The fourth-order valence-corrected chi connectivity index (χ4v) is 2.22. The molecular weight excluding hydrogens is 265 g/mol. The molecule has 4 nitrogen and oxygen atoms in total. The van der Waals surface area contributed by atoms with Gasteiger partial charge in [-0.25, -0.2) is 4.98 Å². The van der Waals surface area contributed by atoms with Gasteiger partial charge in [0.05, 0.1) is 0 Å². The lowest BCUT2D eigenvalue weighted by molar-refractivity contribution is -0.140. The number of azide groups is 1. The second kappa shape index (κ2) is 4.67. The first-order valence-electron chi connectivity index (χ1n) is 4.71. The molecule has 0 atom stereocenters. The molecule has 0 bridgehead atoms. The third kappa shape index (κ3) is 2.44. The van der Waals surface area contributed by atoms with Crippen LogP contribution in [0, 0.1) is 0 Å². The maximum atomic E-state index is 12.7. The molecule has 0 saturated carbocycles. The van der Waals surface area contributed by atoms with Gasteiger partial charge in [-0.3, -0.25) is 0 Å². The minimum atomic E-state index is -4.63. The highest BCUT2D eigenvalue weighted by Gasteiger charge is 2.37. The Balaban J connectivity index is 2.56. The highest BCUT2D eigenvalue weighted by molar-refractivity contribution is 7.18. The summed E-state index contributed by atoms with van der Waals surface area (Å²) in [6.45, 7) is 0. The van der Waals surface area contributed by atoms with E-state index in [4.69, 9.17) is 5.53 Å². The second-order valence-electron chi connectivity index (χ2n) is 3.23. The van der Waals surface area contributed by atoms with Crippen LogP contribution in [0.5, 0.6) is 0 Å². The standard InChI is InChI=1S/C10H5F3N4S/c11-10(12,13)7-9(16-17-14)18-8(15-7)6-4-2-1-3-5-6/h1-5H. The molecule has 8 heteroatoms. The van der Waals surface area contributed by atoms with E-state index in [9.17, 15) is 13.2 Å². The van der Waals surface area contributed by atoms with Crippen LogP contribution in [0.1, 0.15) is 5.69 Å². The predicted octanol–water partition coefficient (Wildman–Crippen LogP) is 4.77. The van der Waals surface area contributed by atoms with Gasteiger partial charge >= 0.3 is 6.18 Å². The molecule has 2 rings (SSSR count). The Bertz CT molecular complexity index is 599. The van der Waals surface area contributed by atoms with Crippen LogP contribution in [-0.4, -0.2) is 4.98 Å². The molecular formula is C10H5F3N4S. The summed E-state index contributed by atoms with van der Waals surface area (Å²) >= 11 is 0.713. The van der Waals surface area contributed by atoms with Crippen LogP contribution in [0.25, 0.3) is 21.0 Å². The summed E-state index contributed by atoms with van der Waals surface area (Å²) in [6.07, 6.45) is -4.63. The molecule has 1 aromatic carbocycles. The highest BCUT2D eigenvalue weighted by atomic mass is 32.1. The number of thiazole rings is 1. The van der Waals surface area contributed by atoms with Gasteiger partial charge in [0.25, 0.3) is 0 Å². The van der Waals surface area contributed by atoms with Crippen LogP contribution in [0.4, 0.5) is 18.2 Å². The van der Waals surface area contributed by atoms with Crippen LogP contribution in [0.2, 0.25) is 0 Å². The maximum Gasteiger partial charge on any atom is 0.434 e. The van der Waals surface area contributed by atoms with Crippen molar-refractivity contribution in [1.29, 1.82) is 0 Å². The van der Waals surface area contributed by atoms with Gasteiger partial charge in [-0.15, -0.1) is 11.3 Å². The zero-order valence-electron chi connectivity index (χ0n) is 8.72. The van der Waals surface area contributed by atoms with Crippen molar-refractivity contribution in [2.45, 2.75) is 6.18 Å². The third-order valence-electron chi connectivity index (χ3n) is 2.03. The highest BCUT2D eigenvalue weighted by Crippen LogP contribution is 2.42. The van der Waals surface area contributed by atoms with Gasteiger partial charge in [0, 0.05) is 10.5 Å². The molecule has 2 aromatic rings. The number of hydrogen-bond acceptors (Lipinski definition) is 3. The topological polar surface area (TPSA) is 61.7 Å². The van der Waals surface area contributed by atoms with Crippen LogP contribution < -0.4 is 0 Å². The average molecular weight is 270 g/mol. The summed E-state index contributed by atoms with van der Waals surface area (Å²) < 4.78 is 38.0. The van der Waals surface area contributed by atoms with Crippen molar-refractivity contribution in [2.24, 2.45) is 5.11 Å². The predicted molar refractivity (Wildman–Crippen MR) is 61.4 cm³/mol. The van der Waals surface area contributed by atoms with Gasteiger partial charge in [0.2, 0.25) is 0 Å². The Morgan fingerprint density at radius 2 is 1.89 bits per heavy atom. The number of halogens is 3. The first-order chi connectivity index (χ1) is 8.52. The SMILES string of the molecule is [N-]=[N+]=Nc1sc(-c2ccccc2)nc1C(F)(F)F. The monoisotopic (exact) mass is 270 g/mol. The molecule has 92 valence electrons. The quantitative estimate of drug-likeness (QED) is 0.440. The molecule has 1 aromatic heterocycles. The van der Waals surface area contributed by atoms with Crippen molar-refractivity contribution in [3.05, 3.63) is 46.5 Å². The van der Waals surface area contributed by atoms with Gasteiger partial charge in [-0.05, 0) is 10.6 Å². The van der Waals surface area contributed by atoms with E-state index in [-0.39, 0.29) is 5.01 Å². The number of benzene rings is 1. The Kier molecular flexibility index (Phi) is 3.22. The molecule has 0 aliphatic heterocycles. The molecule has 18 heavy (non-hydrogen) atoms. The first kappa shape index (κ1) is 12.4. The van der Waals surface area contributed by atoms with E-state index in [1.807, 2.05) is 0 Å². The Morgan fingerprint density at radius 3 is 2.44 bits per heavy atom. The number of nitrogens with zero attached hydrogens (tertiary/aromatic N) is 4. The molecule has 0 amide bonds. The van der Waals surface area contributed by atoms with Crippen LogP contribution >= 0.6 is 11.3 Å². The molecule has 0 radical (unpaired) electrons. The number of rotatable bonds is 2. The Hall–Kier alpha value is -2.05. The smallest absolute Gasteiger partial charge is 0.231 e. The van der Waals surface area contributed by atoms with E-state index in [1.54, 1.807) is 30.3 Å². The van der Waals surface area contributed by atoms with Crippen molar-refractivity contribution < 1.29 is 13.2 Å². The molecule has 0 aliphatic carbocycles. The summed E-state index contributed by atoms with van der Waals surface area (Å²) in [6, 6.07) is 8.41. The molecule has 0 unspecified atom stereocenters. The zero-order valence-corrected chi connectivity index (χ0v) is 9.53. The van der Waals surface area contributed by atoms with Crippen LogP contribution in [-0.2, 0) is 6.18 Å². The lowest BCUT2D eigenvalue weighted by Gasteiger charge is -2.01. The van der Waals surface area contributed by atoms with Gasteiger partial charge < -0.3 is 0 Å². The first-order valence-corrected chi connectivity index (χ1v) is 5.52. The van der Waals surface area contributed by atoms with Gasteiger partial charge in [0.1, 0.15) is 10.0 Å². The summed E-state index contributed by atoms with van der Waals surface area (Å²) in [5.74, 6) is 0. The summed E-state index contributed by atoms with van der Waals surface area (Å²) in [7, 11) is 0. The third-order valence-corrected chi connectivity index (χ3v) is 3.02. The molecule has 0 fully saturated rings. The molecule has 1 heterocycles. The Labute approximate surface area is 103 Å². The van der Waals surface area contributed by atoms with Crippen molar-refractivity contribution in [3.8, 4) is 10.6 Å². The van der Waals surface area contributed by atoms with E-state index in [0.29, 0.717) is 16.9 Å². The van der Waals surface area contributed by atoms with E-state index in [0.717, 1.165) is 0 Å². The van der Waals surface area contributed by atoms with Crippen LogP contribution in [0.15, 0.2) is 35.4 Å². The minimum Gasteiger partial charge on any atom is -0.231 e. The molecule has 0 N–H and O–H groups in total. The van der Waals surface area contributed by atoms with E-state index < -0.39 is 16.9 Å². The van der Waals surface area contributed by atoms with E-state index >= 15 is 0 Å².